The zero-order valence-corrected chi connectivity index (χ0v) is 8.59. The lowest BCUT2D eigenvalue weighted by atomic mass is 10.2. The van der Waals surface area contributed by atoms with E-state index in [0.717, 1.165) is 0 Å². The predicted molar refractivity (Wildman–Crippen MR) is 48.8 cm³/mol. The number of carbonyl (C=O) groups excluding carboxylic acids is 1. The standard InChI is InChI=1S/C8H18N2O3/c1-8(2,3)13-10-7(11)6(9)5-12-4/h6H,5,9H2,1-4H3,(H,10,11). The van der Waals surface area contributed by atoms with Gasteiger partial charge in [0.1, 0.15) is 6.04 Å². The van der Waals surface area contributed by atoms with Crippen LogP contribution >= 0.6 is 0 Å². The van der Waals surface area contributed by atoms with Crippen LogP contribution in [-0.4, -0.2) is 31.3 Å². The van der Waals surface area contributed by atoms with E-state index < -0.39 is 11.6 Å². The highest BCUT2D eigenvalue weighted by Crippen LogP contribution is 2.03. The van der Waals surface area contributed by atoms with Crippen molar-refractivity contribution in [1.29, 1.82) is 0 Å². The third kappa shape index (κ3) is 6.51. The molecule has 0 aromatic heterocycles. The number of hydrogen-bond donors (Lipinski definition) is 2. The maximum atomic E-state index is 11.1. The van der Waals surface area contributed by atoms with Crippen LogP contribution in [0.5, 0.6) is 0 Å². The Hall–Kier alpha value is -0.650. The summed E-state index contributed by atoms with van der Waals surface area (Å²) in [6.07, 6.45) is 0. The number of hydroxylamine groups is 1. The summed E-state index contributed by atoms with van der Waals surface area (Å²) in [5.41, 5.74) is 7.29. The first kappa shape index (κ1) is 12.3. The van der Waals surface area contributed by atoms with Crippen LogP contribution in [0.1, 0.15) is 20.8 Å². The van der Waals surface area contributed by atoms with Crippen LogP contribution in [0.25, 0.3) is 0 Å². The molecule has 0 radical (unpaired) electrons. The number of ether oxygens (including phenoxy) is 1. The molecule has 1 amide bonds. The lowest BCUT2D eigenvalue weighted by molar-refractivity contribution is -0.147. The topological polar surface area (TPSA) is 73.6 Å². The van der Waals surface area contributed by atoms with E-state index in [4.69, 9.17) is 15.3 Å². The van der Waals surface area contributed by atoms with Gasteiger partial charge < -0.3 is 10.5 Å². The first-order valence-corrected chi connectivity index (χ1v) is 4.09. The fourth-order valence-corrected chi connectivity index (χ4v) is 0.534. The molecule has 0 fully saturated rings. The van der Waals surface area contributed by atoms with E-state index in [1.165, 1.54) is 7.11 Å². The lowest BCUT2D eigenvalue weighted by Gasteiger charge is -2.20. The molecule has 5 heteroatoms. The summed E-state index contributed by atoms with van der Waals surface area (Å²) in [5, 5.41) is 0. The summed E-state index contributed by atoms with van der Waals surface area (Å²) in [7, 11) is 1.48. The SMILES string of the molecule is COCC(N)C(=O)NOC(C)(C)C. The van der Waals surface area contributed by atoms with Crippen LogP contribution in [0.2, 0.25) is 0 Å². The molecule has 5 nitrogen and oxygen atoms in total. The van der Waals surface area contributed by atoms with Crippen LogP contribution in [0.3, 0.4) is 0 Å². The van der Waals surface area contributed by atoms with E-state index in [9.17, 15) is 4.79 Å². The highest BCUT2D eigenvalue weighted by molar-refractivity contribution is 5.80. The van der Waals surface area contributed by atoms with Crippen LogP contribution in [-0.2, 0) is 14.4 Å². The first-order valence-electron chi connectivity index (χ1n) is 4.09. The zero-order valence-electron chi connectivity index (χ0n) is 8.59. The van der Waals surface area contributed by atoms with Gasteiger partial charge in [-0.1, -0.05) is 0 Å². The molecule has 0 saturated heterocycles. The Morgan fingerprint density at radius 1 is 1.54 bits per heavy atom. The van der Waals surface area contributed by atoms with Crippen molar-refractivity contribution in [2.24, 2.45) is 5.73 Å². The summed E-state index contributed by atoms with van der Waals surface area (Å²) in [6, 6.07) is -0.688. The second-order valence-electron chi connectivity index (χ2n) is 3.74. The van der Waals surface area contributed by atoms with Gasteiger partial charge in [-0.3, -0.25) is 9.63 Å². The van der Waals surface area contributed by atoms with Crippen molar-refractivity contribution in [3.8, 4) is 0 Å². The smallest absolute Gasteiger partial charge is 0.262 e. The largest absolute Gasteiger partial charge is 0.383 e. The maximum Gasteiger partial charge on any atom is 0.262 e. The van der Waals surface area contributed by atoms with E-state index >= 15 is 0 Å². The minimum absolute atomic E-state index is 0.180. The Balaban J connectivity index is 3.74. The van der Waals surface area contributed by atoms with Gasteiger partial charge >= 0.3 is 0 Å². The molecular formula is C8H18N2O3. The summed E-state index contributed by atoms with van der Waals surface area (Å²) >= 11 is 0. The monoisotopic (exact) mass is 190 g/mol. The van der Waals surface area contributed by atoms with Gasteiger partial charge in [-0.25, -0.2) is 5.48 Å². The first-order chi connectivity index (χ1) is 5.87. The summed E-state index contributed by atoms with van der Waals surface area (Å²) in [5.74, 6) is -0.378. The molecule has 1 unspecified atom stereocenters. The molecule has 0 spiro atoms. The van der Waals surface area contributed by atoms with Crippen molar-refractivity contribution in [2.75, 3.05) is 13.7 Å². The minimum atomic E-state index is -0.688. The molecule has 0 aliphatic carbocycles. The van der Waals surface area contributed by atoms with Crippen molar-refractivity contribution in [3.63, 3.8) is 0 Å². The van der Waals surface area contributed by atoms with Crippen molar-refractivity contribution < 1.29 is 14.4 Å². The predicted octanol–water partition coefficient (Wildman–Crippen LogP) is -0.194. The van der Waals surface area contributed by atoms with Gasteiger partial charge in [-0.05, 0) is 20.8 Å². The fourth-order valence-electron chi connectivity index (χ4n) is 0.534. The van der Waals surface area contributed by atoms with Crippen molar-refractivity contribution in [3.05, 3.63) is 0 Å². The highest BCUT2D eigenvalue weighted by Gasteiger charge is 2.17. The molecule has 0 heterocycles. The number of methoxy groups -OCH3 is 1. The quantitative estimate of drug-likeness (QED) is 0.602. The highest BCUT2D eigenvalue weighted by atomic mass is 16.7. The summed E-state index contributed by atoms with van der Waals surface area (Å²) in [6.45, 7) is 5.67. The van der Waals surface area contributed by atoms with Gasteiger partial charge in [0, 0.05) is 7.11 Å². The van der Waals surface area contributed by atoms with Gasteiger partial charge in [-0.15, -0.1) is 0 Å². The Morgan fingerprint density at radius 3 is 2.46 bits per heavy atom. The van der Waals surface area contributed by atoms with Crippen molar-refractivity contribution in [1.82, 2.24) is 5.48 Å². The Kier molecular flexibility index (Phi) is 4.90. The van der Waals surface area contributed by atoms with Gasteiger partial charge in [0.05, 0.1) is 12.2 Å². The van der Waals surface area contributed by atoms with E-state index in [2.05, 4.69) is 5.48 Å². The summed E-state index contributed by atoms with van der Waals surface area (Å²) in [4.78, 5) is 16.2. The molecule has 3 N–H and O–H groups in total. The number of nitrogens with one attached hydrogen (secondary N) is 1. The third-order valence-electron chi connectivity index (χ3n) is 1.14. The molecule has 78 valence electrons. The molecule has 0 aliphatic rings. The van der Waals surface area contributed by atoms with E-state index in [0.29, 0.717) is 0 Å². The molecule has 0 aromatic rings. The number of carbonyl (C=O) groups is 1. The van der Waals surface area contributed by atoms with Crippen LogP contribution < -0.4 is 11.2 Å². The molecule has 1 atom stereocenters. The maximum absolute atomic E-state index is 11.1. The average Bonchev–Trinajstić information content (AvgIpc) is 1.99. The van der Waals surface area contributed by atoms with Gasteiger partial charge in [0.15, 0.2) is 0 Å². The molecule has 0 aromatic carbocycles. The number of amides is 1. The summed E-state index contributed by atoms with van der Waals surface area (Å²) < 4.78 is 4.72. The minimum Gasteiger partial charge on any atom is -0.383 e. The van der Waals surface area contributed by atoms with E-state index in [-0.39, 0.29) is 12.5 Å². The fraction of sp³-hybridized carbons (Fsp3) is 0.875. The van der Waals surface area contributed by atoms with Crippen LogP contribution in [0, 0.1) is 0 Å². The number of hydrogen-bond acceptors (Lipinski definition) is 4. The average molecular weight is 190 g/mol. The van der Waals surface area contributed by atoms with Gasteiger partial charge in [0.2, 0.25) is 0 Å². The molecule has 0 saturated carbocycles. The normalized spacial score (nSPS) is 13.9. The van der Waals surface area contributed by atoms with Crippen molar-refractivity contribution in [2.45, 2.75) is 32.4 Å². The van der Waals surface area contributed by atoms with Gasteiger partial charge in [-0.2, -0.15) is 0 Å². The Labute approximate surface area is 78.5 Å². The zero-order chi connectivity index (χ0) is 10.5. The van der Waals surface area contributed by atoms with Crippen molar-refractivity contribution >= 4 is 5.91 Å². The number of nitrogens with two attached hydrogens (primary N) is 1. The Bertz CT molecular complexity index is 165. The van der Waals surface area contributed by atoms with Crippen LogP contribution in [0.4, 0.5) is 0 Å². The van der Waals surface area contributed by atoms with Gasteiger partial charge in [0.25, 0.3) is 5.91 Å². The molecule has 0 aliphatic heterocycles. The molecule has 0 bridgehead atoms. The second-order valence-corrected chi connectivity index (χ2v) is 3.74. The van der Waals surface area contributed by atoms with Crippen LogP contribution in [0.15, 0.2) is 0 Å². The lowest BCUT2D eigenvalue weighted by Crippen LogP contribution is -2.45. The molecule has 13 heavy (non-hydrogen) atoms. The Morgan fingerprint density at radius 2 is 2.08 bits per heavy atom. The molecule has 0 rings (SSSR count). The number of rotatable bonds is 4. The second kappa shape index (κ2) is 5.16. The van der Waals surface area contributed by atoms with E-state index in [1.807, 2.05) is 20.8 Å². The third-order valence-corrected chi connectivity index (χ3v) is 1.14. The molecular weight excluding hydrogens is 172 g/mol. The van der Waals surface area contributed by atoms with E-state index in [1.54, 1.807) is 0 Å².